The van der Waals surface area contributed by atoms with Crippen LogP contribution in [0.5, 0.6) is 5.75 Å². The first-order chi connectivity index (χ1) is 8.61. The summed E-state index contributed by atoms with van der Waals surface area (Å²) in [5.74, 6) is 0.976. The Morgan fingerprint density at radius 1 is 1.28 bits per heavy atom. The van der Waals surface area contributed by atoms with Crippen LogP contribution in [0.15, 0.2) is 24.3 Å². The summed E-state index contributed by atoms with van der Waals surface area (Å²) in [5, 5.41) is 3.33. The molecule has 0 fully saturated rings. The highest BCUT2D eigenvalue weighted by molar-refractivity contribution is 5.70. The van der Waals surface area contributed by atoms with Crippen LogP contribution in [0.2, 0.25) is 0 Å². The second kappa shape index (κ2) is 7.58. The number of anilines is 1. The molecule has 0 amide bonds. The van der Waals surface area contributed by atoms with Gasteiger partial charge < -0.3 is 14.8 Å². The van der Waals surface area contributed by atoms with Gasteiger partial charge in [-0.2, -0.15) is 0 Å². The number of nitrogens with one attached hydrogen (secondary N) is 1. The summed E-state index contributed by atoms with van der Waals surface area (Å²) >= 11 is 0. The van der Waals surface area contributed by atoms with E-state index in [-0.39, 0.29) is 12.6 Å². The van der Waals surface area contributed by atoms with Gasteiger partial charge >= 0.3 is 5.97 Å². The maximum Gasteiger partial charge on any atom is 0.343 e. The molecule has 0 saturated carbocycles. The molecule has 1 rings (SSSR count). The van der Waals surface area contributed by atoms with E-state index in [9.17, 15) is 4.79 Å². The Balaban J connectivity index is 2.35. The van der Waals surface area contributed by atoms with Crippen molar-refractivity contribution >= 4 is 11.7 Å². The van der Waals surface area contributed by atoms with Gasteiger partial charge in [0.15, 0.2) is 6.61 Å². The maximum absolute atomic E-state index is 10.9. The molecule has 1 aromatic rings. The molecular formula is C14H21NO3. The number of benzene rings is 1. The van der Waals surface area contributed by atoms with E-state index in [1.165, 1.54) is 7.11 Å². The molecule has 0 bridgehead atoms. The van der Waals surface area contributed by atoms with Gasteiger partial charge in [-0.15, -0.1) is 0 Å². The lowest BCUT2D eigenvalue weighted by Gasteiger charge is -2.09. The molecule has 0 atom stereocenters. The molecule has 0 heterocycles. The average Bonchev–Trinajstić information content (AvgIpc) is 2.37. The predicted octanol–water partition coefficient (Wildman–Crippen LogP) is 2.70. The minimum Gasteiger partial charge on any atom is -0.482 e. The van der Waals surface area contributed by atoms with Crippen molar-refractivity contribution < 1.29 is 14.3 Å². The van der Waals surface area contributed by atoms with Gasteiger partial charge in [0.1, 0.15) is 5.75 Å². The van der Waals surface area contributed by atoms with Crippen LogP contribution in [0.4, 0.5) is 5.69 Å². The molecule has 0 aliphatic heterocycles. The molecule has 0 aliphatic carbocycles. The first-order valence-electron chi connectivity index (χ1n) is 6.15. The Labute approximate surface area is 108 Å². The molecule has 0 aromatic heterocycles. The van der Waals surface area contributed by atoms with E-state index >= 15 is 0 Å². The Kier molecular flexibility index (Phi) is 6.05. The van der Waals surface area contributed by atoms with E-state index in [0.29, 0.717) is 11.7 Å². The first kappa shape index (κ1) is 14.4. The van der Waals surface area contributed by atoms with Crippen LogP contribution in [0.3, 0.4) is 0 Å². The lowest BCUT2D eigenvalue weighted by molar-refractivity contribution is -0.142. The fourth-order valence-electron chi connectivity index (χ4n) is 1.38. The smallest absolute Gasteiger partial charge is 0.343 e. The van der Waals surface area contributed by atoms with Crippen LogP contribution < -0.4 is 10.1 Å². The van der Waals surface area contributed by atoms with Gasteiger partial charge in [-0.3, -0.25) is 0 Å². The first-order valence-corrected chi connectivity index (χ1v) is 6.15. The summed E-state index contributed by atoms with van der Waals surface area (Å²) in [6, 6.07) is 7.54. The van der Waals surface area contributed by atoms with Gasteiger partial charge in [0.05, 0.1) is 7.11 Å². The topological polar surface area (TPSA) is 47.6 Å². The zero-order valence-electron chi connectivity index (χ0n) is 11.2. The normalized spacial score (nSPS) is 10.2. The lowest BCUT2D eigenvalue weighted by atomic mass is 10.1. The van der Waals surface area contributed by atoms with Gasteiger partial charge in [-0.05, 0) is 36.6 Å². The van der Waals surface area contributed by atoms with Crippen LogP contribution >= 0.6 is 0 Å². The molecular weight excluding hydrogens is 230 g/mol. The summed E-state index contributed by atoms with van der Waals surface area (Å²) in [7, 11) is 1.34. The van der Waals surface area contributed by atoms with E-state index in [0.717, 1.165) is 18.7 Å². The monoisotopic (exact) mass is 251 g/mol. The van der Waals surface area contributed by atoms with E-state index in [1.54, 1.807) is 0 Å². The zero-order chi connectivity index (χ0) is 13.4. The SMILES string of the molecule is COC(=O)COc1ccc(NCCC(C)C)cc1. The largest absolute Gasteiger partial charge is 0.482 e. The van der Waals surface area contributed by atoms with Crippen LogP contribution in [-0.2, 0) is 9.53 Å². The second-order valence-corrected chi connectivity index (χ2v) is 4.50. The van der Waals surface area contributed by atoms with Gasteiger partial charge in [0.25, 0.3) is 0 Å². The number of hydrogen-bond acceptors (Lipinski definition) is 4. The number of methoxy groups -OCH3 is 1. The number of esters is 1. The van der Waals surface area contributed by atoms with Crippen molar-refractivity contribution in [1.29, 1.82) is 0 Å². The predicted molar refractivity (Wildman–Crippen MR) is 71.9 cm³/mol. The number of carbonyl (C=O) groups is 1. The number of carbonyl (C=O) groups excluding carboxylic acids is 1. The van der Waals surface area contributed by atoms with Crippen molar-refractivity contribution in [3.63, 3.8) is 0 Å². The van der Waals surface area contributed by atoms with Crippen molar-refractivity contribution in [2.75, 3.05) is 25.6 Å². The fourth-order valence-corrected chi connectivity index (χ4v) is 1.38. The highest BCUT2D eigenvalue weighted by atomic mass is 16.6. The highest BCUT2D eigenvalue weighted by Crippen LogP contribution is 2.16. The Morgan fingerprint density at radius 2 is 1.94 bits per heavy atom. The van der Waals surface area contributed by atoms with Crippen LogP contribution in [0.1, 0.15) is 20.3 Å². The molecule has 0 spiro atoms. The molecule has 100 valence electrons. The van der Waals surface area contributed by atoms with Gasteiger partial charge in [0.2, 0.25) is 0 Å². The third kappa shape index (κ3) is 5.57. The van der Waals surface area contributed by atoms with Gasteiger partial charge in [-0.1, -0.05) is 13.8 Å². The number of rotatable bonds is 7. The van der Waals surface area contributed by atoms with Crippen molar-refractivity contribution in [3.8, 4) is 5.75 Å². The third-order valence-electron chi connectivity index (χ3n) is 2.49. The summed E-state index contributed by atoms with van der Waals surface area (Å²) in [6.07, 6.45) is 1.14. The van der Waals surface area contributed by atoms with Crippen LogP contribution in [-0.4, -0.2) is 26.2 Å². The second-order valence-electron chi connectivity index (χ2n) is 4.50. The van der Waals surface area contributed by atoms with Crippen LogP contribution in [0.25, 0.3) is 0 Å². The van der Waals surface area contributed by atoms with Crippen molar-refractivity contribution in [3.05, 3.63) is 24.3 Å². The Hall–Kier alpha value is -1.71. The fraction of sp³-hybridized carbons (Fsp3) is 0.500. The molecule has 18 heavy (non-hydrogen) atoms. The minimum absolute atomic E-state index is 0.0589. The quantitative estimate of drug-likeness (QED) is 0.757. The van der Waals surface area contributed by atoms with Crippen molar-refractivity contribution in [2.24, 2.45) is 5.92 Å². The molecule has 0 saturated heterocycles. The Bertz CT molecular complexity index is 360. The molecule has 4 nitrogen and oxygen atoms in total. The Morgan fingerprint density at radius 3 is 2.50 bits per heavy atom. The van der Waals surface area contributed by atoms with E-state index in [2.05, 4.69) is 23.9 Å². The van der Waals surface area contributed by atoms with Gasteiger partial charge in [0, 0.05) is 12.2 Å². The zero-order valence-corrected chi connectivity index (χ0v) is 11.2. The van der Waals surface area contributed by atoms with E-state index in [4.69, 9.17) is 4.74 Å². The number of ether oxygens (including phenoxy) is 2. The molecule has 4 heteroatoms. The molecule has 0 aliphatic rings. The standard InChI is InChI=1S/C14H21NO3/c1-11(2)8-9-15-12-4-6-13(7-5-12)18-10-14(16)17-3/h4-7,11,15H,8-10H2,1-3H3. The average molecular weight is 251 g/mol. The van der Waals surface area contributed by atoms with Crippen molar-refractivity contribution in [2.45, 2.75) is 20.3 Å². The van der Waals surface area contributed by atoms with Crippen molar-refractivity contribution in [1.82, 2.24) is 0 Å². The lowest BCUT2D eigenvalue weighted by Crippen LogP contribution is -2.12. The van der Waals surface area contributed by atoms with E-state index in [1.807, 2.05) is 24.3 Å². The maximum atomic E-state index is 10.9. The summed E-state index contributed by atoms with van der Waals surface area (Å²) in [4.78, 5) is 10.9. The summed E-state index contributed by atoms with van der Waals surface area (Å²) < 4.78 is 9.75. The minimum atomic E-state index is -0.380. The van der Waals surface area contributed by atoms with E-state index < -0.39 is 0 Å². The molecule has 0 radical (unpaired) electrons. The molecule has 1 aromatic carbocycles. The van der Waals surface area contributed by atoms with Crippen LogP contribution in [0, 0.1) is 5.92 Å². The van der Waals surface area contributed by atoms with Gasteiger partial charge in [-0.25, -0.2) is 4.79 Å². The summed E-state index contributed by atoms with van der Waals surface area (Å²) in [6.45, 7) is 5.30. The molecule has 1 N–H and O–H groups in total. The molecule has 0 unspecified atom stereocenters. The number of hydrogen-bond donors (Lipinski definition) is 1. The summed E-state index contributed by atoms with van der Waals surface area (Å²) in [5.41, 5.74) is 1.06. The third-order valence-corrected chi connectivity index (χ3v) is 2.49. The highest BCUT2D eigenvalue weighted by Gasteiger charge is 2.01.